The van der Waals surface area contributed by atoms with Gasteiger partial charge in [0.1, 0.15) is 0 Å². The summed E-state index contributed by atoms with van der Waals surface area (Å²) in [6.45, 7) is 8.59. The van der Waals surface area contributed by atoms with Gasteiger partial charge in [-0.15, -0.1) is 11.8 Å². The third-order valence-electron chi connectivity index (χ3n) is 4.69. The molecule has 0 radical (unpaired) electrons. The topological polar surface area (TPSA) is 23.8 Å². The summed E-state index contributed by atoms with van der Waals surface area (Å²) in [6, 6.07) is 11.1. The lowest BCUT2D eigenvalue weighted by Crippen LogP contribution is -2.43. The molecule has 1 nitrogen and oxygen atoms in total. The second-order valence-corrected chi connectivity index (χ2v) is 7.03. The van der Waals surface area contributed by atoms with Crippen LogP contribution in [0.2, 0.25) is 0 Å². The fraction of sp³-hybridized carbons (Fsp3) is 0.438. The molecule has 2 heteroatoms. The number of fused-ring (bicyclic) bond motifs is 2. The van der Waals surface area contributed by atoms with Gasteiger partial charge in [0.05, 0.1) is 11.3 Å². The Morgan fingerprint density at radius 2 is 2.11 bits per heavy atom. The lowest BCUT2D eigenvalue weighted by Gasteiger charge is -2.53. The summed E-state index contributed by atoms with van der Waals surface area (Å²) < 4.78 is 0. The lowest BCUT2D eigenvalue weighted by molar-refractivity contribution is 0.260. The molecule has 0 aromatic heterocycles. The summed E-state index contributed by atoms with van der Waals surface area (Å²) in [7, 11) is 0. The minimum Gasteiger partial charge on any atom is -0.197 e. The van der Waals surface area contributed by atoms with Crippen LogP contribution < -0.4 is 0 Å². The largest absolute Gasteiger partial charge is 0.197 e. The molecule has 1 aromatic carbocycles. The van der Waals surface area contributed by atoms with E-state index in [0.29, 0.717) is 11.2 Å². The van der Waals surface area contributed by atoms with Crippen molar-refractivity contribution in [2.45, 2.75) is 36.7 Å². The van der Waals surface area contributed by atoms with E-state index in [1.54, 1.807) is 0 Å². The number of rotatable bonds is 1. The van der Waals surface area contributed by atoms with Gasteiger partial charge in [-0.05, 0) is 29.9 Å². The first-order valence-electron chi connectivity index (χ1n) is 6.38. The van der Waals surface area contributed by atoms with Crippen LogP contribution in [0, 0.1) is 16.7 Å². The van der Waals surface area contributed by atoms with Crippen LogP contribution in [0.4, 0.5) is 0 Å². The minimum absolute atomic E-state index is 0.0698. The Morgan fingerprint density at radius 3 is 2.72 bits per heavy atom. The van der Waals surface area contributed by atoms with E-state index < -0.39 is 0 Å². The van der Waals surface area contributed by atoms with E-state index in [-0.39, 0.29) is 10.7 Å². The molecule has 0 N–H and O–H groups in total. The molecule has 0 spiro atoms. The zero-order chi connectivity index (χ0) is 12.9. The van der Waals surface area contributed by atoms with Gasteiger partial charge < -0.3 is 0 Å². The Labute approximate surface area is 113 Å². The number of allylic oxidation sites excluding steroid dienone is 1. The van der Waals surface area contributed by atoms with Crippen LogP contribution in [0.15, 0.2) is 36.4 Å². The summed E-state index contributed by atoms with van der Waals surface area (Å²) in [6.07, 6.45) is 1.12. The molecule has 18 heavy (non-hydrogen) atoms. The molecule has 1 saturated heterocycles. The maximum Gasteiger partial charge on any atom is 0.0999 e. The van der Waals surface area contributed by atoms with E-state index in [9.17, 15) is 5.26 Å². The Balaban J connectivity index is 2.21. The maximum absolute atomic E-state index is 9.45. The molecule has 4 rings (SSSR count). The monoisotopic (exact) mass is 255 g/mol. The summed E-state index contributed by atoms with van der Waals surface area (Å²) >= 11 is 1.84. The molecule has 1 aliphatic carbocycles. The van der Waals surface area contributed by atoms with Crippen molar-refractivity contribution in [1.29, 1.82) is 5.26 Å². The van der Waals surface area contributed by atoms with Crippen LogP contribution >= 0.6 is 11.8 Å². The molecule has 2 aliphatic heterocycles. The van der Waals surface area contributed by atoms with Crippen LogP contribution in [-0.2, 0) is 0 Å². The number of nitriles is 1. The third-order valence-corrected chi connectivity index (χ3v) is 6.11. The van der Waals surface area contributed by atoms with Crippen LogP contribution in [0.5, 0.6) is 0 Å². The molecule has 2 bridgehead atoms. The van der Waals surface area contributed by atoms with Gasteiger partial charge in [0.15, 0.2) is 0 Å². The van der Waals surface area contributed by atoms with Crippen molar-refractivity contribution in [2.24, 2.45) is 5.41 Å². The van der Waals surface area contributed by atoms with Gasteiger partial charge in [-0.2, -0.15) is 5.26 Å². The van der Waals surface area contributed by atoms with Gasteiger partial charge in [0, 0.05) is 11.2 Å². The quantitative estimate of drug-likeness (QED) is 0.693. The minimum atomic E-state index is 0.0698. The molecular formula is C16H17NS. The molecule has 0 amide bonds. The van der Waals surface area contributed by atoms with Gasteiger partial charge in [0.25, 0.3) is 0 Å². The lowest BCUT2D eigenvalue weighted by atomic mass is 9.60. The summed E-state index contributed by atoms with van der Waals surface area (Å²) in [5.74, 6) is 0.297. The zero-order valence-electron chi connectivity index (χ0n) is 10.8. The normalized spacial score (nSPS) is 36.8. The molecule has 0 saturated carbocycles. The van der Waals surface area contributed by atoms with Crippen LogP contribution in [0.25, 0.3) is 0 Å². The summed E-state index contributed by atoms with van der Waals surface area (Å²) in [5.41, 5.74) is 4.11. The Kier molecular flexibility index (Phi) is 2.57. The highest BCUT2D eigenvalue weighted by Crippen LogP contribution is 2.65. The van der Waals surface area contributed by atoms with Crippen LogP contribution in [0.1, 0.15) is 42.6 Å². The SMILES string of the molecule is C=C(C)[C@]1(C)C[C@@H]2S[C@@H](C#N)[C@H]1c1ccccc12. The highest BCUT2D eigenvalue weighted by Gasteiger charge is 2.52. The van der Waals surface area contributed by atoms with E-state index in [1.807, 2.05) is 11.8 Å². The first kappa shape index (κ1) is 11.9. The van der Waals surface area contributed by atoms with Crippen molar-refractivity contribution in [3.05, 3.63) is 47.5 Å². The average molecular weight is 255 g/mol. The Morgan fingerprint density at radius 1 is 1.44 bits per heavy atom. The van der Waals surface area contributed by atoms with Crippen LogP contribution in [-0.4, -0.2) is 5.25 Å². The van der Waals surface area contributed by atoms with Gasteiger partial charge >= 0.3 is 0 Å². The smallest absolute Gasteiger partial charge is 0.0999 e. The van der Waals surface area contributed by atoms with Crippen molar-refractivity contribution < 1.29 is 0 Å². The standard InChI is InChI=1S/C16H17NS/c1-10(2)16(3)8-13-11-6-4-5-7-12(11)15(16)14(9-17)18-13/h4-7,13-15H,1,8H2,2-3H3/t13-,14-,15+,16-/m0/s1. The molecular weight excluding hydrogens is 238 g/mol. The Hall–Kier alpha value is -1.20. The highest BCUT2D eigenvalue weighted by atomic mass is 32.2. The molecule has 1 aromatic rings. The molecule has 1 fully saturated rings. The fourth-order valence-corrected chi connectivity index (χ4v) is 5.29. The molecule has 4 atom stereocenters. The maximum atomic E-state index is 9.45. The van der Waals surface area contributed by atoms with E-state index in [1.165, 1.54) is 16.7 Å². The van der Waals surface area contributed by atoms with Crippen molar-refractivity contribution in [2.75, 3.05) is 0 Å². The predicted molar refractivity (Wildman–Crippen MR) is 76.5 cm³/mol. The van der Waals surface area contributed by atoms with Gasteiger partial charge in [0.2, 0.25) is 0 Å². The van der Waals surface area contributed by atoms with Crippen molar-refractivity contribution in [3.8, 4) is 6.07 Å². The number of thioether (sulfide) groups is 1. The Bertz CT molecular complexity index is 556. The number of hydrogen-bond donors (Lipinski definition) is 0. The number of nitrogens with zero attached hydrogens (tertiary/aromatic N) is 1. The van der Waals surface area contributed by atoms with Gasteiger partial charge in [-0.1, -0.05) is 43.3 Å². The van der Waals surface area contributed by atoms with Crippen LogP contribution in [0.3, 0.4) is 0 Å². The molecule has 0 unspecified atom stereocenters. The number of benzene rings is 1. The first-order valence-corrected chi connectivity index (χ1v) is 7.32. The van der Waals surface area contributed by atoms with Crippen molar-refractivity contribution in [3.63, 3.8) is 0 Å². The molecule has 2 heterocycles. The number of hydrogen-bond acceptors (Lipinski definition) is 2. The third kappa shape index (κ3) is 1.40. The van der Waals surface area contributed by atoms with E-state index in [2.05, 4.69) is 50.8 Å². The summed E-state index contributed by atoms with van der Waals surface area (Å²) in [4.78, 5) is 0. The first-order chi connectivity index (χ1) is 8.58. The predicted octanol–water partition coefficient (Wildman–Crippen LogP) is 4.44. The van der Waals surface area contributed by atoms with Gasteiger partial charge in [-0.25, -0.2) is 0 Å². The van der Waals surface area contributed by atoms with E-state index >= 15 is 0 Å². The van der Waals surface area contributed by atoms with Gasteiger partial charge in [-0.3, -0.25) is 0 Å². The average Bonchev–Trinajstić information content (AvgIpc) is 2.38. The highest BCUT2D eigenvalue weighted by molar-refractivity contribution is 8.00. The second kappa shape index (κ2) is 3.90. The van der Waals surface area contributed by atoms with Crippen molar-refractivity contribution in [1.82, 2.24) is 0 Å². The zero-order valence-corrected chi connectivity index (χ0v) is 11.6. The second-order valence-electron chi connectivity index (χ2n) is 5.68. The molecule has 3 aliphatic rings. The molecule has 92 valence electrons. The van der Waals surface area contributed by atoms with E-state index in [0.717, 1.165) is 6.42 Å². The fourth-order valence-electron chi connectivity index (χ4n) is 3.47. The summed E-state index contributed by atoms with van der Waals surface area (Å²) in [5, 5.41) is 9.98. The van der Waals surface area contributed by atoms with Crippen molar-refractivity contribution >= 4 is 11.8 Å². The van der Waals surface area contributed by atoms with E-state index in [4.69, 9.17) is 0 Å².